The fraction of sp³-hybridized carbons (Fsp3) is 1.00. The minimum absolute atomic E-state index is 0.00630. The Bertz CT molecular complexity index is 1210. The molecule has 0 aromatic heterocycles. The minimum Gasteiger partial charge on any atom is -0.379 e. The van der Waals surface area contributed by atoms with Gasteiger partial charge in [-0.05, 0) is 19.3 Å². The van der Waals surface area contributed by atoms with E-state index in [0.29, 0.717) is 56.2 Å². The summed E-state index contributed by atoms with van der Waals surface area (Å²) < 4.78 is 208. The summed E-state index contributed by atoms with van der Waals surface area (Å²) in [5, 5.41) is 0. The van der Waals surface area contributed by atoms with Gasteiger partial charge in [-0.25, -0.2) is 4.57 Å². The van der Waals surface area contributed by atoms with Crippen molar-refractivity contribution in [3.8, 4) is 0 Å². The molecule has 2 atom stereocenters. The van der Waals surface area contributed by atoms with Gasteiger partial charge in [-0.15, -0.1) is 0 Å². The van der Waals surface area contributed by atoms with Crippen molar-refractivity contribution >= 4 is 7.82 Å². The number of quaternary nitrogens is 1. The molecule has 63 heavy (non-hydrogen) atoms. The summed E-state index contributed by atoms with van der Waals surface area (Å²) >= 11 is 0. The van der Waals surface area contributed by atoms with Crippen LogP contribution in [0.1, 0.15) is 167 Å². The van der Waals surface area contributed by atoms with Crippen LogP contribution >= 0.6 is 7.82 Å². The number of likely N-dealkylation sites (N-methyl/N-ethyl adjacent to an activating group) is 1. The first-order chi connectivity index (χ1) is 29.1. The van der Waals surface area contributed by atoms with Crippen LogP contribution in [-0.4, -0.2) is 112 Å². The van der Waals surface area contributed by atoms with Gasteiger partial charge in [0.2, 0.25) is 0 Å². The van der Waals surface area contributed by atoms with Crippen molar-refractivity contribution in [3.05, 3.63) is 0 Å². The maximum atomic E-state index is 14.0. The van der Waals surface area contributed by atoms with E-state index in [1.807, 2.05) is 21.1 Å². The number of phosphoric ester groups is 1. The van der Waals surface area contributed by atoms with E-state index in [1.54, 1.807) is 0 Å². The second kappa shape index (κ2) is 30.5. The maximum Gasteiger partial charge on any atom is 0.472 e. The second-order valence-electron chi connectivity index (χ2n) is 17.6. The van der Waals surface area contributed by atoms with Crippen LogP contribution in [-0.2, 0) is 23.1 Å². The van der Waals surface area contributed by atoms with Gasteiger partial charge >= 0.3 is 43.6 Å². The van der Waals surface area contributed by atoms with Gasteiger partial charge < -0.3 is 18.9 Å². The van der Waals surface area contributed by atoms with E-state index in [4.69, 9.17) is 18.5 Å². The molecule has 0 saturated heterocycles. The highest BCUT2D eigenvalue weighted by atomic mass is 31.2. The zero-order valence-electron chi connectivity index (χ0n) is 37.8. The molecule has 0 amide bonds. The normalized spacial score (nSPS) is 15.3. The van der Waals surface area contributed by atoms with Crippen LogP contribution in [0.4, 0.5) is 57.1 Å². The lowest BCUT2D eigenvalue weighted by Crippen LogP contribution is -2.70. The van der Waals surface area contributed by atoms with Crippen molar-refractivity contribution in [1.82, 2.24) is 0 Å². The summed E-state index contributed by atoms with van der Waals surface area (Å²) in [6.07, 6.45) is 10.6. The molecule has 0 spiro atoms. The molecule has 0 aromatic rings. The number of unbranched alkanes of at least 4 members (excludes halogenated alkanes) is 22. The first kappa shape index (κ1) is 62.1. The van der Waals surface area contributed by atoms with E-state index >= 15 is 0 Å². The van der Waals surface area contributed by atoms with Gasteiger partial charge in [0.25, 0.3) is 0 Å². The Hall–Kier alpha value is -0.920. The number of ether oxygens (including phenoxy) is 2. The van der Waals surface area contributed by atoms with E-state index in [1.165, 1.54) is 77.0 Å². The maximum absolute atomic E-state index is 14.0. The number of nitrogens with zero attached hydrogens (tertiary/aromatic N) is 1. The fourth-order valence-corrected chi connectivity index (χ4v) is 7.38. The molecule has 0 aliphatic rings. The number of phosphoric acid groups is 1. The minimum atomic E-state index is -7.87. The van der Waals surface area contributed by atoms with E-state index in [0.717, 1.165) is 19.3 Å². The van der Waals surface area contributed by atoms with Crippen LogP contribution in [0.25, 0.3) is 0 Å². The van der Waals surface area contributed by atoms with Gasteiger partial charge in [0.05, 0.1) is 34.4 Å². The zero-order chi connectivity index (χ0) is 48.3. The van der Waals surface area contributed by atoms with Crippen LogP contribution in [0.2, 0.25) is 0 Å². The third kappa shape index (κ3) is 24.6. The highest BCUT2D eigenvalue weighted by Crippen LogP contribution is 2.61. The molecule has 0 heterocycles. The van der Waals surface area contributed by atoms with Crippen molar-refractivity contribution in [2.24, 2.45) is 0 Å². The Morgan fingerprint density at radius 2 is 0.810 bits per heavy atom. The van der Waals surface area contributed by atoms with Crippen LogP contribution in [0.15, 0.2) is 0 Å². The van der Waals surface area contributed by atoms with Crippen LogP contribution in [0, 0.1) is 0 Å². The quantitative estimate of drug-likeness (QED) is 0.0284. The molecular formula is C42H76F13NO6P+. The van der Waals surface area contributed by atoms with E-state index in [2.05, 4.69) is 6.92 Å². The molecule has 0 radical (unpaired) electrons. The van der Waals surface area contributed by atoms with Crippen molar-refractivity contribution in [2.75, 3.05) is 60.7 Å². The summed E-state index contributed by atoms with van der Waals surface area (Å²) in [5.41, 5.74) is 0. The van der Waals surface area contributed by atoms with Gasteiger partial charge in [0.15, 0.2) is 0 Å². The third-order valence-electron chi connectivity index (χ3n) is 10.6. The Labute approximate surface area is 367 Å². The molecule has 2 unspecified atom stereocenters. The summed E-state index contributed by atoms with van der Waals surface area (Å²) in [4.78, 5) is 10.3. The summed E-state index contributed by atoms with van der Waals surface area (Å²) in [6.45, 7) is 3.41. The smallest absolute Gasteiger partial charge is 0.379 e. The fourth-order valence-electron chi connectivity index (χ4n) is 6.51. The summed E-state index contributed by atoms with van der Waals surface area (Å²) in [6, 6.07) is 0. The van der Waals surface area contributed by atoms with Gasteiger partial charge in [-0.1, -0.05) is 142 Å². The molecule has 380 valence electrons. The number of hydrogen-bond donors (Lipinski definition) is 1. The molecule has 1 N–H and O–H groups in total. The lowest BCUT2D eigenvalue weighted by atomic mass is 9.91. The summed E-state index contributed by atoms with van der Waals surface area (Å²) in [5.74, 6) is -36.6. The van der Waals surface area contributed by atoms with Gasteiger partial charge in [-0.3, -0.25) is 9.05 Å². The van der Waals surface area contributed by atoms with Gasteiger partial charge in [0, 0.05) is 19.6 Å². The van der Waals surface area contributed by atoms with Crippen molar-refractivity contribution in [1.29, 1.82) is 0 Å². The molecule has 0 saturated carbocycles. The second-order valence-corrected chi connectivity index (χ2v) is 19.0. The highest BCUT2D eigenvalue weighted by molar-refractivity contribution is 7.47. The monoisotopic (exact) mass is 969 g/mol. The van der Waals surface area contributed by atoms with Crippen LogP contribution in [0.5, 0.6) is 0 Å². The molecular weight excluding hydrogens is 892 g/mol. The lowest BCUT2D eigenvalue weighted by molar-refractivity contribution is -0.870. The average molecular weight is 969 g/mol. The molecule has 0 bridgehead atoms. The van der Waals surface area contributed by atoms with E-state index in [-0.39, 0.29) is 39.3 Å². The molecule has 0 aromatic carbocycles. The van der Waals surface area contributed by atoms with Crippen LogP contribution in [0.3, 0.4) is 0 Å². The molecule has 0 aliphatic carbocycles. The summed E-state index contributed by atoms with van der Waals surface area (Å²) in [7, 11) is 1.30. The zero-order valence-corrected chi connectivity index (χ0v) is 38.7. The topological polar surface area (TPSA) is 74.2 Å². The van der Waals surface area contributed by atoms with Crippen molar-refractivity contribution in [2.45, 2.75) is 209 Å². The van der Waals surface area contributed by atoms with Gasteiger partial charge in [-0.2, -0.15) is 57.1 Å². The Balaban J connectivity index is 4.48. The number of alkyl halides is 13. The van der Waals surface area contributed by atoms with Crippen molar-refractivity contribution < 1.29 is 89.5 Å². The standard InChI is InChI=1S/C42H75F13NO6P/c1-5-6-7-8-9-10-11-12-13-14-15-18-21-24-27-31-59-34-36(62-63(57,58)61-33-30-56(2,3)4)35-60-32-28-25-22-19-16-17-20-23-26-29-37(43,44)38(45,46)39(47,48)40(49,50)41(51,52)42(53,54)55/h36H,5-35H2,1-4H3/p+1. The highest BCUT2D eigenvalue weighted by Gasteiger charge is 2.90. The molecule has 0 rings (SSSR count). The Kier molecular flexibility index (Phi) is 30.0. The first-order valence-electron chi connectivity index (χ1n) is 22.7. The largest absolute Gasteiger partial charge is 0.472 e. The third-order valence-corrected chi connectivity index (χ3v) is 11.6. The number of hydrogen-bond acceptors (Lipinski definition) is 5. The molecule has 0 fully saturated rings. The van der Waals surface area contributed by atoms with Crippen LogP contribution < -0.4 is 0 Å². The first-order valence-corrected chi connectivity index (χ1v) is 24.2. The molecule has 0 aliphatic heterocycles. The molecule has 21 heteroatoms. The average Bonchev–Trinajstić information content (AvgIpc) is 3.16. The van der Waals surface area contributed by atoms with E-state index < -0.39 is 62.6 Å². The van der Waals surface area contributed by atoms with Gasteiger partial charge in [0.1, 0.15) is 19.3 Å². The molecule has 7 nitrogen and oxygen atoms in total. The van der Waals surface area contributed by atoms with E-state index in [9.17, 15) is 66.5 Å². The predicted molar refractivity (Wildman–Crippen MR) is 217 cm³/mol. The Morgan fingerprint density at radius 3 is 1.16 bits per heavy atom. The predicted octanol–water partition coefficient (Wildman–Crippen LogP) is 14.7. The Morgan fingerprint density at radius 1 is 0.476 bits per heavy atom. The number of halogens is 13. The lowest BCUT2D eigenvalue weighted by Gasteiger charge is -2.39. The SMILES string of the molecule is CCCCCCCCCCCCCCCCCOCC(COCCCCCCCCCCCC(F)(F)C(F)(F)C(F)(F)C(F)(F)C(F)(F)C(F)(F)F)OP(=O)(O)OCC[N+](C)(C)C. The van der Waals surface area contributed by atoms with Crippen molar-refractivity contribution in [3.63, 3.8) is 0 Å². The number of rotatable bonds is 42.